The third-order valence-corrected chi connectivity index (χ3v) is 3.00. The highest BCUT2D eigenvalue weighted by atomic mass is 16.5. The highest BCUT2D eigenvalue weighted by Gasteiger charge is 2.24. The van der Waals surface area contributed by atoms with Crippen molar-refractivity contribution in [2.24, 2.45) is 0 Å². The first-order valence-electron chi connectivity index (χ1n) is 5.89. The van der Waals surface area contributed by atoms with E-state index >= 15 is 0 Å². The molecule has 3 N–H and O–H groups in total. The second-order valence-corrected chi connectivity index (χ2v) is 4.42. The van der Waals surface area contributed by atoms with Crippen molar-refractivity contribution in [1.82, 2.24) is 4.98 Å². The number of hydrogen-bond acceptors (Lipinski definition) is 5. The third kappa shape index (κ3) is 1.91. The minimum atomic E-state index is -0.484. The summed E-state index contributed by atoms with van der Waals surface area (Å²) < 4.78 is 10.7. The molecule has 0 aliphatic carbocycles. The van der Waals surface area contributed by atoms with E-state index in [1.807, 2.05) is 6.07 Å². The fourth-order valence-corrected chi connectivity index (χ4v) is 2.04. The summed E-state index contributed by atoms with van der Waals surface area (Å²) in [4.78, 5) is 15.7. The number of fused-ring (bicyclic) bond motifs is 1. The molecule has 6 nitrogen and oxygen atoms in total. The number of aromatic nitrogens is 1. The molecule has 0 fully saturated rings. The van der Waals surface area contributed by atoms with Crippen LogP contribution < -0.4 is 15.8 Å². The highest BCUT2D eigenvalue weighted by molar-refractivity contribution is 5.98. The number of oxazole rings is 1. The zero-order valence-electron chi connectivity index (χ0n) is 10.6. The van der Waals surface area contributed by atoms with Gasteiger partial charge in [0.1, 0.15) is 17.2 Å². The predicted octanol–water partition coefficient (Wildman–Crippen LogP) is 1.95. The lowest BCUT2D eigenvalue weighted by Gasteiger charge is -2.23. The Balaban J connectivity index is 2.05. The van der Waals surface area contributed by atoms with Gasteiger partial charge in [0.25, 0.3) is 11.9 Å². The number of benzene rings is 1. The zero-order chi connectivity index (χ0) is 13.6. The topological polar surface area (TPSA) is 90.4 Å². The molecule has 0 radical (unpaired) electrons. The number of hydrogen-bond donors (Lipinski definition) is 2. The Hall–Kier alpha value is -2.50. The van der Waals surface area contributed by atoms with Crippen molar-refractivity contribution in [3.63, 3.8) is 0 Å². The number of nitrogens with two attached hydrogens (primary N) is 1. The number of carbonyl (C=O) groups is 1. The molecule has 3 rings (SSSR count). The van der Waals surface area contributed by atoms with Crippen LogP contribution in [0.5, 0.6) is 5.75 Å². The van der Waals surface area contributed by atoms with Gasteiger partial charge in [0.15, 0.2) is 6.10 Å². The lowest BCUT2D eigenvalue weighted by molar-refractivity contribution is -0.122. The van der Waals surface area contributed by atoms with Gasteiger partial charge >= 0.3 is 0 Å². The van der Waals surface area contributed by atoms with E-state index < -0.39 is 6.10 Å². The number of ether oxygens (including phenoxy) is 1. The molecule has 0 bridgehead atoms. The number of aryl methyl sites for hydroxylation is 1. The van der Waals surface area contributed by atoms with E-state index in [2.05, 4.69) is 10.3 Å². The van der Waals surface area contributed by atoms with E-state index in [9.17, 15) is 4.79 Å². The number of nitrogen functional groups attached to an aromatic ring is 1. The zero-order valence-corrected chi connectivity index (χ0v) is 10.6. The molecule has 1 atom stereocenters. The van der Waals surface area contributed by atoms with Gasteiger partial charge in [-0.1, -0.05) is 0 Å². The summed E-state index contributed by atoms with van der Waals surface area (Å²) in [6.07, 6.45) is -0.484. The molecule has 19 heavy (non-hydrogen) atoms. The van der Waals surface area contributed by atoms with Crippen LogP contribution in [0.3, 0.4) is 0 Å². The fraction of sp³-hybridized carbons (Fsp3) is 0.231. The van der Waals surface area contributed by atoms with Crippen molar-refractivity contribution in [3.8, 4) is 17.0 Å². The van der Waals surface area contributed by atoms with Gasteiger partial charge in [0, 0.05) is 5.56 Å². The number of rotatable bonds is 1. The van der Waals surface area contributed by atoms with Crippen LogP contribution in [0.1, 0.15) is 12.7 Å². The Labute approximate surface area is 109 Å². The number of amides is 1. The predicted molar refractivity (Wildman–Crippen MR) is 69.8 cm³/mol. The molecule has 1 aliphatic rings. The molecule has 0 spiro atoms. The standard InChI is InChI=1S/C13H13N3O3/c1-6-11(16-13(14)19-6)8-3-4-10-9(5-8)15-12(17)7(2)18-10/h3-5,7H,1-2H3,(H2,14,16)(H,15,17). The van der Waals surface area contributed by atoms with Crippen molar-refractivity contribution in [2.75, 3.05) is 11.1 Å². The minimum absolute atomic E-state index is 0.124. The molecular weight excluding hydrogens is 246 g/mol. The van der Waals surface area contributed by atoms with Crippen molar-refractivity contribution in [1.29, 1.82) is 0 Å². The largest absolute Gasteiger partial charge is 0.479 e. The molecule has 1 aromatic carbocycles. The molecule has 1 unspecified atom stereocenters. The first kappa shape index (κ1) is 11.6. The molecule has 98 valence electrons. The van der Waals surface area contributed by atoms with Gasteiger partial charge in [-0.05, 0) is 32.0 Å². The van der Waals surface area contributed by atoms with Gasteiger partial charge in [-0.25, -0.2) is 0 Å². The number of carbonyl (C=O) groups excluding carboxylic acids is 1. The van der Waals surface area contributed by atoms with Gasteiger partial charge in [0.05, 0.1) is 5.69 Å². The SMILES string of the molecule is Cc1oc(N)nc1-c1ccc2c(c1)NC(=O)C(C)O2. The lowest BCUT2D eigenvalue weighted by Crippen LogP contribution is -2.34. The number of nitrogens with zero attached hydrogens (tertiary/aromatic N) is 1. The Kier molecular flexibility index (Phi) is 2.45. The first-order valence-corrected chi connectivity index (χ1v) is 5.89. The van der Waals surface area contributed by atoms with E-state index in [1.54, 1.807) is 26.0 Å². The Morgan fingerprint density at radius 3 is 2.89 bits per heavy atom. The molecule has 1 amide bonds. The second kappa shape index (κ2) is 4.01. The second-order valence-electron chi connectivity index (χ2n) is 4.42. The van der Waals surface area contributed by atoms with Gasteiger partial charge in [-0.15, -0.1) is 0 Å². The van der Waals surface area contributed by atoms with Crippen LogP contribution >= 0.6 is 0 Å². The van der Waals surface area contributed by atoms with Crippen LogP contribution in [0, 0.1) is 6.92 Å². The monoisotopic (exact) mass is 259 g/mol. The third-order valence-electron chi connectivity index (χ3n) is 3.00. The van der Waals surface area contributed by atoms with Crippen molar-refractivity contribution < 1.29 is 13.9 Å². The normalized spacial score (nSPS) is 17.6. The summed E-state index contributed by atoms with van der Waals surface area (Å²) in [5.41, 5.74) is 7.62. The molecule has 2 heterocycles. The summed E-state index contributed by atoms with van der Waals surface area (Å²) in [7, 11) is 0. The minimum Gasteiger partial charge on any atom is -0.479 e. The van der Waals surface area contributed by atoms with E-state index in [1.165, 1.54) is 0 Å². The van der Waals surface area contributed by atoms with Crippen LogP contribution in [0.15, 0.2) is 22.6 Å². The van der Waals surface area contributed by atoms with Gasteiger partial charge in [-0.2, -0.15) is 4.98 Å². The molecule has 2 aromatic rings. The fourth-order valence-electron chi connectivity index (χ4n) is 2.04. The smallest absolute Gasteiger partial charge is 0.292 e. The van der Waals surface area contributed by atoms with Crippen LogP contribution in [0.4, 0.5) is 11.7 Å². The van der Waals surface area contributed by atoms with Crippen LogP contribution in [-0.4, -0.2) is 17.0 Å². The van der Waals surface area contributed by atoms with Crippen LogP contribution in [0.25, 0.3) is 11.3 Å². The van der Waals surface area contributed by atoms with Gasteiger partial charge in [0.2, 0.25) is 0 Å². The number of nitrogens with one attached hydrogen (secondary N) is 1. The van der Waals surface area contributed by atoms with E-state index in [-0.39, 0.29) is 11.9 Å². The molecule has 0 saturated carbocycles. The molecule has 1 aliphatic heterocycles. The van der Waals surface area contributed by atoms with Gasteiger partial charge < -0.3 is 20.2 Å². The summed E-state index contributed by atoms with van der Waals surface area (Å²) in [5.74, 6) is 1.11. The summed E-state index contributed by atoms with van der Waals surface area (Å²) >= 11 is 0. The Morgan fingerprint density at radius 2 is 2.21 bits per heavy atom. The number of anilines is 2. The van der Waals surface area contributed by atoms with E-state index in [0.717, 1.165) is 5.56 Å². The average molecular weight is 259 g/mol. The summed E-state index contributed by atoms with van der Waals surface area (Å²) in [6.45, 7) is 3.49. The molecule has 1 aromatic heterocycles. The van der Waals surface area contributed by atoms with Crippen molar-refractivity contribution in [2.45, 2.75) is 20.0 Å². The van der Waals surface area contributed by atoms with E-state index in [0.29, 0.717) is 22.9 Å². The van der Waals surface area contributed by atoms with Crippen molar-refractivity contribution >= 4 is 17.6 Å². The Morgan fingerprint density at radius 1 is 1.42 bits per heavy atom. The van der Waals surface area contributed by atoms with E-state index in [4.69, 9.17) is 14.9 Å². The van der Waals surface area contributed by atoms with Crippen LogP contribution in [-0.2, 0) is 4.79 Å². The maximum Gasteiger partial charge on any atom is 0.292 e. The summed E-state index contributed by atoms with van der Waals surface area (Å²) in [5, 5.41) is 2.79. The first-order chi connectivity index (χ1) is 9.04. The maximum absolute atomic E-state index is 11.6. The average Bonchev–Trinajstić information content (AvgIpc) is 2.69. The van der Waals surface area contributed by atoms with Crippen LogP contribution in [0.2, 0.25) is 0 Å². The molecule has 0 saturated heterocycles. The maximum atomic E-state index is 11.6. The molecular formula is C13H13N3O3. The molecule has 6 heteroatoms. The highest BCUT2D eigenvalue weighted by Crippen LogP contribution is 2.34. The van der Waals surface area contributed by atoms with Crippen molar-refractivity contribution in [3.05, 3.63) is 24.0 Å². The Bertz CT molecular complexity index is 663. The quantitative estimate of drug-likeness (QED) is 0.816. The van der Waals surface area contributed by atoms with Gasteiger partial charge in [-0.3, -0.25) is 4.79 Å². The summed E-state index contributed by atoms with van der Waals surface area (Å²) in [6, 6.07) is 5.57. The lowest BCUT2D eigenvalue weighted by atomic mass is 10.1.